The molecule has 0 fully saturated rings. The minimum atomic E-state index is -2.64. The molecular formula is C13H26F2O. The molecule has 0 aromatic rings. The second-order valence-electron chi connectivity index (χ2n) is 5.61. The van der Waals surface area contributed by atoms with Gasteiger partial charge in [-0.2, -0.15) is 0 Å². The zero-order valence-corrected chi connectivity index (χ0v) is 11.1. The van der Waals surface area contributed by atoms with Crippen molar-refractivity contribution in [2.75, 3.05) is 13.2 Å². The molecule has 0 N–H and O–H groups in total. The fourth-order valence-electron chi connectivity index (χ4n) is 1.54. The topological polar surface area (TPSA) is 9.23 Å². The van der Waals surface area contributed by atoms with Gasteiger partial charge in [0.2, 0.25) is 0 Å². The molecule has 1 nitrogen and oxygen atoms in total. The predicted octanol–water partition coefficient (Wildman–Crippen LogP) is 4.65. The molecule has 0 radical (unpaired) electrons. The number of unbranched alkanes of at least 4 members (excludes halogenated alkanes) is 2. The van der Waals surface area contributed by atoms with Crippen LogP contribution in [-0.4, -0.2) is 19.1 Å². The molecule has 0 unspecified atom stereocenters. The van der Waals surface area contributed by atoms with Gasteiger partial charge in [0.1, 0.15) is 6.61 Å². The molecule has 3 heteroatoms. The van der Waals surface area contributed by atoms with Crippen molar-refractivity contribution in [1.29, 1.82) is 0 Å². The van der Waals surface area contributed by atoms with E-state index in [1.54, 1.807) is 6.92 Å². The van der Waals surface area contributed by atoms with Crippen LogP contribution < -0.4 is 0 Å². The van der Waals surface area contributed by atoms with Crippen molar-refractivity contribution in [2.24, 2.45) is 5.41 Å². The number of hydrogen-bond acceptors (Lipinski definition) is 1. The lowest BCUT2D eigenvalue weighted by atomic mass is 9.89. The summed E-state index contributed by atoms with van der Waals surface area (Å²) >= 11 is 0. The quantitative estimate of drug-likeness (QED) is 0.557. The van der Waals surface area contributed by atoms with E-state index in [9.17, 15) is 8.78 Å². The Morgan fingerprint density at radius 1 is 0.938 bits per heavy atom. The Bertz CT molecular complexity index is 173. The number of ether oxygens (including phenoxy) is 1. The zero-order chi connectivity index (χ0) is 12.7. The van der Waals surface area contributed by atoms with Gasteiger partial charge in [-0.15, -0.1) is 0 Å². The molecule has 0 spiro atoms. The van der Waals surface area contributed by atoms with Gasteiger partial charge < -0.3 is 4.74 Å². The largest absolute Gasteiger partial charge is 0.375 e. The highest BCUT2D eigenvalue weighted by Gasteiger charge is 2.28. The fraction of sp³-hybridized carbons (Fsp3) is 1.00. The molecule has 0 atom stereocenters. The molecule has 16 heavy (non-hydrogen) atoms. The highest BCUT2D eigenvalue weighted by Crippen LogP contribution is 2.25. The molecule has 0 aliphatic rings. The average molecular weight is 236 g/mol. The van der Waals surface area contributed by atoms with Crippen LogP contribution in [0.5, 0.6) is 0 Å². The first-order chi connectivity index (χ1) is 7.27. The van der Waals surface area contributed by atoms with Crippen LogP contribution >= 0.6 is 0 Å². The van der Waals surface area contributed by atoms with Gasteiger partial charge in [0.05, 0.1) is 0 Å². The molecule has 0 rings (SSSR count). The minimum Gasteiger partial charge on any atom is -0.375 e. The van der Waals surface area contributed by atoms with Gasteiger partial charge in [0.25, 0.3) is 5.92 Å². The summed E-state index contributed by atoms with van der Waals surface area (Å²) < 4.78 is 31.1. The molecule has 98 valence electrons. The molecule has 0 aliphatic carbocycles. The Balaban J connectivity index is 3.50. The highest BCUT2D eigenvalue weighted by atomic mass is 19.3. The lowest BCUT2D eigenvalue weighted by Gasteiger charge is -2.18. The summed E-state index contributed by atoms with van der Waals surface area (Å²) in [4.78, 5) is 0. The first-order valence-corrected chi connectivity index (χ1v) is 6.22. The number of rotatable bonds is 8. The smallest absolute Gasteiger partial charge is 0.270 e. The summed E-state index contributed by atoms with van der Waals surface area (Å²) in [7, 11) is 0. The molecule has 0 aromatic carbocycles. The molecule has 0 heterocycles. The summed E-state index contributed by atoms with van der Waals surface area (Å²) in [5, 5.41) is 0. The van der Waals surface area contributed by atoms with Crippen molar-refractivity contribution in [3.8, 4) is 0 Å². The van der Waals surface area contributed by atoms with Crippen LogP contribution in [0.25, 0.3) is 0 Å². The van der Waals surface area contributed by atoms with Gasteiger partial charge in [-0.3, -0.25) is 0 Å². The first kappa shape index (κ1) is 15.8. The summed E-state index contributed by atoms with van der Waals surface area (Å²) in [6, 6.07) is 0. The first-order valence-electron chi connectivity index (χ1n) is 6.22. The highest BCUT2D eigenvalue weighted by molar-refractivity contribution is 4.66. The van der Waals surface area contributed by atoms with Gasteiger partial charge in [-0.05, 0) is 25.2 Å². The van der Waals surface area contributed by atoms with Gasteiger partial charge in [0, 0.05) is 13.0 Å². The lowest BCUT2D eigenvalue weighted by Crippen LogP contribution is -2.23. The number of alkyl halides is 2. The van der Waals surface area contributed by atoms with E-state index >= 15 is 0 Å². The SMILES string of the molecule is CCOCC(F)(F)CCCCCC(C)(C)C. The van der Waals surface area contributed by atoms with Crippen LogP contribution in [-0.2, 0) is 4.74 Å². The maximum atomic E-state index is 13.1. The Morgan fingerprint density at radius 2 is 1.50 bits per heavy atom. The molecule has 0 aliphatic heterocycles. The summed E-state index contributed by atoms with van der Waals surface area (Å²) in [6.45, 7) is 8.20. The Hall–Kier alpha value is -0.180. The molecule has 0 saturated carbocycles. The predicted molar refractivity (Wildman–Crippen MR) is 64.0 cm³/mol. The zero-order valence-electron chi connectivity index (χ0n) is 11.1. The van der Waals surface area contributed by atoms with E-state index in [-0.39, 0.29) is 6.42 Å². The van der Waals surface area contributed by atoms with E-state index in [0.29, 0.717) is 18.4 Å². The monoisotopic (exact) mass is 236 g/mol. The van der Waals surface area contributed by atoms with Crippen molar-refractivity contribution in [3.05, 3.63) is 0 Å². The van der Waals surface area contributed by atoms with Crippen molar-refractivity contribution in [3.63, 3.8) is 0 Å². The Labute approximate surface area is 98.6 Å². The summed E-state index contributed by atoms with van der Waals surface area (Å²) in [5.41, 5.74) is 0.313. The molecule has 0 bridgehead atoms. The molecule has 0 amide bonds. The normalized spacial score (nSPS) is 13.1. The van der Waals surface area contributed by atoms with Crippen molar-refractivity contribution in [2.45, 2.75) is 65.7 Å². The van der Waals surface area contributed by atoms with Crippen LogP contribution in [0.15, 0.2) is 0 Å². The number of halogens is 2. The summed E-state index contributed by atoms with van der Waals surface area (Å²) in [6.07, 6.45) is 3.57. The third kappa shape index (κ3) is 10.3. The number of hydrogen-bond donors (Lipinski definition) is 0. The molecule has 0 saturated heterocycles. The third-order valence-corrected chi connectivity index (χ3v) is 2.49. The van der Waals surface area contributed by atoms with Crippen LogP contribution in [0.1, 0.15) is 59.8 Å². The third-order valence-electron chi connectivity index (χ3n) is 2.49. The fourth-order valence-corrected chi connectivity index (χ4v) is 1.54. The van der Waals surface area contributed by atoms with E-state index in [0.717, 1.165) is 19.3 Å². The standard InChI is InChI=1S/C13H26F2O/c1-5-16-11-13(14,15)10-8-6-7-9-12(2,3)4/h5-11H2,1-4H3. The van der Waals surface area contributed by atoms with Crippen molar-refractivity contribution in [1.82, 2.24) is 0 Å². The minimum absolute atomic E-state index is 0.0445. The second kappa shape index (κ2) is 7.21. The van der Waals surface area contributed by atoms with Crippen LogP contribution in [0, 0.1) is 5.41 Å². The van der Waals surface area contributed by atoms with Gasteiger partial charge in [0.15, 0.2) is 0 Å². The van der Waals surface area contributed by atoms with E-state index in [4.69, 9.17) is 4.74 Å². The van der Waals surface area contributed by atoms with E-state index in [1.165, 1.54) is 0 Å². The lowest BCUT2D eigenvalue weighted by molar-refractivity contribution is -0.0810. The Kier molecular flexibility index (Phi) is 7.12. The Morgan fingerprint density at radius 3 is 2.00 bits per heavy atom. The second-order valence-corrected chi connectivity index (χ2v) is 5.61. The van der Waals surface area contributed by atoms with Crippen molar-refractivity contribution >= 4 is 0 Å². The van der Waals surface area contributed by atoms with E-state index in [1.807, 2.05) is 0 Å². The van der Waals surface area contributed by atoms with E-state index in [2.05, 4.69) is 20.8 Å². The molecule has 0 aromatic heterocycles. The maximum Gasteiger partial charge on any atom is 0.270 e. The summed E-state index contributed by atoms with van der Waals surface area (Å²) in [5.74, 6) is -2.64. The van der Waals surface area contributed by atoms with Crippen LogP contribution in [0.3, 0.4) is 0 Å². The maximum absolute atomic E-state index is 13.1. The van der Waals surface area contributed by atoms with Gasteiger partial charge in [-0.1, -0.05) is 33.6 Å². The van der Waals surface area contributed by atoms with Crippen LogP contribution in [0.2, 0.25) is 0 Å². The van der Waals surface area contributed by atoms with Crippen LogP contribution in [0.4, 0.5) is 8.78 Å². The van der Waals surface area contributed by atoms with E-state index < -0.39 is 12.5 Å². The van der Waals surface area contributed by atoms with Crippen molar-refractivity contribution < 1.29 is 13.5 Å². The van der Waals surface area contributed by atoms with Gasteiger partial charge in [-0.25, -0.2) is 8.78 Å². The van der Waals surface area contributed by atoms with Gasteiger partial charge >= 0.3 is 0 Å². The molecular weight excluding hydrogens is 210 g/mol. The average Bonchev–Trinajstić information content (AvgIpc) is 2.12.